The van der Waals surface area contributed by atoms with Crippen LogP contribution in [0.1, 0.15) is 12.5 Å². The summed E-state index contributed by atoms with van der Waals surface area (Å²) in [6, 6.07) is 4.54. The number of thiazole rings is 1. The second-order valence-electron chi connectivity index (χ2n) is 5.80. The molecule has 5 nitrogen and oxygen atoms in total. The fraction of sp³-hybridized carbons (Fsp3) is 0.235. The molecule has 11 heteroatoms. The molecule has 1 unspecified atom stereocenters. The molecule has 28 heavy (non-hydrogen) atoms. The van der Waals surface area contributed by atoms with Crippen LogP contribution in [0.15, 0.2) is 29.2 Å². The zero-order valence-corrected chi connectivity index (χ0v) is 16.8. The van der Waals surface area contributed by atoms with E-state index in [-0.39, 0.29) is 26.9 Å². The van der Waals surface area contributed by atoms with E-state index in [9.17, 15) is 22.8 Å². The number of nitrogens with zero attached hydrogens (tertiary/aromatic N) is 2. The number of pyridine rings is 1. The van der Waals surface area contributed by atoms with Crippen molar-refractivity contribution in [2.24, 2.45) is 0 Å². The van der Waals surface area contributed by atoms with E-state index in [1.807, 2.05) is 12.1 Å². The third-order valence-corrected chi connectivity index (χ3v) is 5.19. The second-order valence-corrected chi connectivity index (χ2v) is 7.98. The highest BCUT2D eigenvalue weighted by atomic mass is 35.5. The summed E-state index contributed by atoms with van der Waals surface area (Å²) in [4.78, 5) is 25.7. The highest BCUT2D eigenvalue weighted by Crippen LogP contribution is 2.45. The lowest BCUT2D eigenvalue weighted by Gasteiger charge is -2.09. The van der Waals surface area contributed by atoms with Crippen LogP contribution in [0.2, 0.25) is 5.02 Å². The van der Waals surface area contributed by atoms with E-state index in [0.717, 1.165) is 33.2 Å². The number of rotatable bonds is 2. The monoisotopic (exact) mass is 448 g/mol. The lowest BCUT2D eigenvalue weighted by Crippen LogP contribution is -2.14. The minimum atomic E-state index is -4.52. The van der Waals surface area contributed by atoms with Crippen molar-refractivity contribution in [2.75, 3.05) is 7.11 Å². The van der Waals surface area contributed by atoms with Gasteiger partial charge in [0, 0.05) is 11.8 Å². The molecule has 2 aromatic heterocycles. The molecule has 2 aliphatic carbocycles. The van der Waals surface area contributed by atoms with Gasteiger partial charge in [-0.25, -0.2) is 9.55 Å². The third kappa shape index (κ3) is 3.89. The molecule has 0 saturated carbocycles. The molecule has 1 atom stereocenters. The van der Waals surface area contributed by atoms with Crippen LogP contribution in [0.4, 0.5) is 13.2 Å². The van der Waals surface area contributed by atoms with Crippen LogP contribution in [0.3, 0.4) is 0 Å². The van der Waals surface area contributed by atoms with Gasteiger partial charge in [-0.3, -0.25) is 9.59 Å². The van der Waals surface area contributed by atoms with Gasteiger partial charge >= 0.3 is 17.0 Å². The first-order chi connectivity index (χ1) is 13.0. The van der Waals surface area contributed by atoms with Crippen molar-refractivity contribution in [1.29, 1.82) is 0 Å². The molecule has 0 aromatic carbocycles. The zero-order valence-electron chi connectivity index (χ0n) is 14.4. The smallest absolute Gasteiger partial charge is 0.417 e. The number of methoxy groups -OCH3 is 1. The molecule has 2 aromatic rings. The average molecular weight is 449 g/mol. The Kier molecular flexibility index (Phi) is 5.48. The highest BCUT2D eigenvalue weighted by molar-refractivity contribution is 7.81. The molecule has 0 bridgehead atoms. The van der Waals surface area contributed by atoms with Crippen molar-refractivity contribution in [2.45, 2.75) is 18.3 Å². The predicted octanol–water partition coefficient (Wildman–Crippen LogP) is 4.58. The Morgan fingerprint density at radius 3 is 2.54 bits per heavy atom. The van der Waals surface area contributed by atoms with Crippen LogP contribution in [0.5, 0.6) is 0 Å². The predicted molar refractivity (Wildman–Crippen MR) is 105 cm³/mol. The van der Waals surface area contributed by atoms with Crippen LogP contribution < -0.4 is 4.87 Å². The Morgan fingerprint density at radius 1 is 1.36 bits per heavy atom. The van der Waals surface area contributed by atoms with Gasteiger partial charge in [-0.2, -0.15) is 25.8 Å². The zero-order chi connectivity index (χ0) is 20.8. The minimum absolute atomic E-state index is 0.0228. The second kappa shape index (κ2) is 7.41. The Balaban J connectivity index is 0.000000279. The maximum absolute atomic E-state index is 12.6. The molecular formula is C17H12ClF3N2O3S2. The van der Waals surface area contributed by atoms with Gasteiger partial charge in [0.15, 0.2) is 5.82 Å². The van der Waals surface area contributed by atoms with Gasteiger partial charge in [0.2, 0.25) is 0 Å². The quantitative estimate of drug-likeness (QED) is 0.360. The summed E-state index contributed by atoms with van der Waals surface area (Å²) < 4.78 is 44.2. The minimum Gasteiger partial charge on any atom is -0.468 e. The maximum atomic E-state index is 12.6. The molecule has 0 saturated heterocycles. The number of benzene rings is 1. The van der Waals surface area contributed by atoms with E-state index < -0.39 is 11.7 Å². The summed E-state index contributed by atoms with van der Waals surface area (Å²) in [5.74, 6) is -0.266. The number of aromatic nitrogens is 2. The van der Waals surface area contributed by atoms with Crippen molar-refractivity contribution >= 4 is 51.8 Å². The molecule has 148 valence electrons. The van der Waals surface area contributed by atoms with Crippen molar-refractivity contribution in [3.63, 3.8) is 0 Å². The van der Waals surface area contributed by atoms with E-state index >= 15 is 0 Å². The van der Waals surface area contributed by atoms with Crippen molar-refractivity contribution in [1.82, 2.24) is 9.55 Å². The first kappa shape index (κ1) is 20.7. The normalized spacial score (nSPS) is 13.0. The number of hydrogen-bond donors (Lipinski definition) is 1. The standard InChI is InChI=1S/C13H4ClF3N2OS.C4H8O2S/c14-8-3-6(13(15,16)17)4-18-11(8)19-10-7-1-5(7)2-9(10)21-12(19)20;1-3(7)4(5)6-2/h1-4H;3,7H,1-2H3. The summed E-state index contributed by atoms with van der Waals surface area (Å²) >= 11 is 10.7. The number of carbonyl (C=O) groups is 1. The summed E-state index contributed by atoms with van der Waals surface area (Å²) in [7, 11) is 1.34. The Bertz CT molecular complexity index is 1140. The van der Waals surface area contributed by atoms with E-state index in [1.165, 1.54) is 11.7 Å². The van der Waals surface area contributed by atoms with Gasteiger partial charge in [0.1, 0.15) is 0 Å². The summed E-state index contributed by atoms with van der Waals surface area (Å²) in [5.41, 5.74) is 1.67. The van der Waals surface area contributed by atoms with Gasteiger partial charge in [0.25, 0.3) is 0 Å². The molecule has 2 heterocycles. The lowest BCUT2D eigenvalue weighted by molar-refractivity contribution is -0.139. The van der Waals surface area contributed by atoms with Gasteiger partial charge in [-0.1, -0.05) is 22.9 Å². The van der Waals surface area contributed by atoms with Gasteiger partial charge in [0.05, 0.1) is 33.2 Å². The van der Waals surface area contributed by atoms with Crippen LogP contribution in [0, 0.1) is 0 Å². The molecule has 0 spiro atoms. The summed E-state index contributed by atoms with van der Waals surface area (Å²) in [6.07, 6.45) is -3.84. The molecule has 0 aliphatic heterocycles. The summed E-state index contributed by atoms with van der Waals surface area (Å²) in [6.45, 7) is 1.66. The average Bonchev–Trinajstić information content (AvgIpc) is 3.17. The van der Waals surface area contributed by atoms with Crippen LogP contribution >= 0.6 is 35.6 Å². The number of carbonyl (C=O) groups excluding carboxylic acids is 1. The number of halogens is 4. The van der Waals surface area contributed by atoms with Crippen molar-refractivity contribution in [3.05, 3.63) is 44.6 Å². The number of fused-ring (bicyclic) bond motifs is 3. The Hall–Kier alpha value is -2.04. The lowest BCUT2D eigenvalue weighted by atomic mass is 10.2. The maximum Gasteiger partial charge on any atom is 0.417 e. The Morgan fingerprint density at radius 2 is 2.04 bits per heavy atom. The van der Waals surface area contributed by atoms with Crippen LogP contribution in [0.25, 0.3) is 27.2 Å². The van der Waals surface area contributed by atoms with Gasteiger partial charge in [-0.05, 0) is 30.7 Å². The number of ether oxygens (including phenoxy) is 1. The molecular weight excluding hydrogens is 437 g/mol. The molecule has 0 amide bonds. The first-order valence-electron chi connectivity index (χ1n) is 7.73. The molecule has 2 aliphatic rings. The van der Waals surface area contributed by atoms with Gasteiger partial charge in [-0.15, -0.1) is 0 Å². The topological polar surface area (TPSA) is 61.2 Å². The van der Waals surface area contributed by atoms with Gasteiger partial charge < -0.3 is 4.74 Å². The van der Waals surface area contributed by atoms with Crippen LogP contribution in [-0.4, -0.2) is 27.9 Å². The van der Waals surface area contributed by atoms with Crippen molar-refractivity contribution in [3.8, 4) is 16.9 Å². The number of alkyl halides is 3. The van der Waals surface area contributed by atoms with E-state index in [2.05, 4.69) is 22.3 Å². The molecule has 4 rings (SSSR count). The fourth-order valence-corrected chi connectivity index (χ4v) is 3.74. The number of hydrogen-bond acceptors (Lipinski definition) is 6. The number of esters is 1. The largest absolute Gasteiger partial charge is 0.468 e. The van der Waals surface area contributed by atoms with E-state index in [0.29, 0.717) is 11.7 Å². The Labute approximate surface area is 171 Å². The number of thiol groups is 1. The fourth-order valence-electron chi connectivity index (χ4n) is 2.44. The first-order valence-corrected chi connectivity index (χ1v) is 9.44. The highest BCUT2D eigenvalue weighted by Gasteiger charge is 2.32. The van der Waals surface area contributed by atoms with Crippen molar-refractivity contribution < 1.29 is 22.7 Å². The molecule has 0 fully saturated rings. The van der Waals surface area contributed by atoms with E-state index in [4.69, 9.17) is 11.6 Å². The molecule has 0 radical (unpaired) electrons. The molecule has 0 N–H and O–H groups in total. The SMILES string of the molecule is COC(=O)C(C)S.O=c1sc2cc3cc-3c2n1-c1ncc(C(F)(F)F)cc1Cl. The third-order valence-electron chi connectivity index (χ3n) is 3.81. The van der Waals surface area contributed by atoms with E-state index in [1.54, 1.807) is 6.92 Å². The summed E-state index contributed by atoms with van der Waals surface area (Å²) in [5, 5.41) is -0.507. The van der Waals surface area contributed by atoms with Crippen LogP contribution in [-0.2, 0) is 15.7 Å².